The van der Waals surface area contributed by atoms with Crippen LogP contribution in [-0.4, -0.2) is 20.3 Å². The number of alkyl halides is 1. The van der Waals surface area contributed by atoms with Crippen molar-refractivity contribution in [2.24, 2.45) is 0 Å². The van der Waals surface area contributed by atoms with Crippen LogP contribution in [-0.2, 0) is 4.43 Å². The van der Waals surface area contributed by atoms with Crippen molar-refractivity contribution in [1.82, 2.24) is 0 Å². The van der Waals surface area contributed by atoms with Crippen molar-refractivity contribution < 1.29 is 4.43 Å². The fraction of sp³-hybridized carbons (Fsp3) is 0.818. The van der Waals surface area contributed by atoms with Crippen LogP contribution in [0.15, 0.2) is 12.2 Å². The summed E-state index contributed by atoms with van der Waals surface area (Å²) in [6.45, 7) is 12.3. The van der Waals surface area contributed by atoms with Gasteiger partial charge < -0.3 is 4.43 Å². The van der Waals surface area contributed by atoms with E-state index in [9.17, 15) is 0 Å². The molecule has 0 aliphatic heterocycles. The Morgan fingerprint density at radius 3 is 2.21 bits per heavy atom. The van der Waals surface area contributed by atoms with Gasteiger partial charge in [-0.15, -0.1) is 0 Å². The average Bonchev–Trinajstić information content (AvgIpc) is 2.02. The Balaban J connectivity index is 3.83. The predicted molar refractivity (Wildman–Crippen MR) is 70.7 cm³/mol. The van der Waals surface area contributed by atoms with Gasteiger partial charge in [-0.05, 0) is 24.6 Å². The van der Waals surface area contributed by atoms with Crippen LogP contribution in [0, 0.1) is 0 Å². The van der Waals surface area contributed by atoms with Gasteiger partial charge >= 0.3 is 0 Å². The molecule has 0 aliphatic carbocycles. The van der Waals surface area contributed by atoms with E-state index in [-0.39, 0.29) is 0 Å². The van der Waals surface area contributed by atoms with Crippen LogP contribution in [0.3, 0.4) is 0 Å². The Kier molecular flexibility index (Phi) is 6.26. The summed E-state index contributed by atoms with van der Waals surface area (Å²) in [6, 6.07) is 0. The molecule has 1 nitrogen and oxygen atoms in total. The van der Waals surface area contributed by atoms with E-state index in [4.69, 9.17) is 4.43 Å². The lowest BCUT2D eigenvalue weighted by Crippen LogP contribution is -2.40. The number of rotatable bonds is 5. The zero-order valence-electron chi connectivity index (χ0n) is 10.1. The molecule has 0 bridgehead atoms. The zero-order valence-corrected chi connectivity index (χ0v) is 12.6. The second-order valence-corrected chi connectivity index (χ2v) is 10.5. The van der Waals surface area contributed by atoms with Gasteiger partial charge in [0.25, 0.3) is 0 Å². The van der Waals surface area contributed by atoms with Gasteiger partial charge in [-0.3, -0.25) is 0 Å². The molecule has 0 amide bonds. The van der Waals surface area contributed by atoms with Crippen LogP contribution in [0.4, 0.5) is 0 Å². The maximum Gasteiger partial charge on any atom is 0.191 e. The topological polar surface area (TPSA) is 9.23 Å². The van der Waals surface area contributed by atoms with Crippen LogP contribution in [0.5, 0.6) is 0 Å². The van der Waals surface area contributed by atoms with Gasteiger partial charge in [0, 0.05) is 11.9 Å². The summed E-state index contributed by atoms with van der Waals surface area (Å²) < 4.78 is 6.01. The molecular weight excluding hydrogens is 256 g/mol. The van der Waals surface area contributed by atoms with E-state index in [1.807, 2.05) is 0 Å². The minimum atomic E-state index is -1.51. The highest BCUT2D eigenvalue weighted by atomic mass is 79.9. The van der Waals surface area contributed by atoms with E-state index < -0.39 is 8.32 Å². The van der Waals surface area contributed by atoms with Crippen LogP contribution >= 0.6 is 15.9 Å². The molecule has 0 heterocycles. The van der Waals surface area contributed by atoms with Crippen molar-refractivity contribution in [3.05, 3.63) is 12.2 Å². The Morgan fingerprint density at radius 2 is 1.79 bits per heavy atom. The van der Waals surface area contributed by atoms with Crippen molar-refractivity contribution in [1.29, 1.82) is 0 Å². The molecule has 0 aromatic heterocycles. The fourth-order valence-electron chi connectivity index (χ4n) is 0.779. The zero-order chi connectivity index (χ0) is 11.2. The Bertz CT molecular complexity index is 182. The molecule has 0 aromatic carbocycles. The smallest absolute Gasteiger partial charge is 0.191 e. The summed E-state index contributed by atoms with van der Waals surface area (Å²) in [4.78, 5) is 0. The average molecular weight is 279 g/mol. The molecule has 0 spiro atoms. The van der Waals surface area contributed by atoms with Gasteiger partial charge in [-0.2, -0.15) is 0 Å². The standard InChI is InChI=1S/C11H23BrOSi/c1-11(2,3)14(4,5)13-10-8-6-7-9-12/h6-7H,8-10H2,1-5H3/b7-6+. The molecule has 3 heteroatoms. The number of halogens is 1. The molecule has 0 N–H and O–H groups in total. The summed E-state index contributed by atoms with van der Waals surface area (Å²) in [5, 5.41) is 1.26. The molecule has 0 aromatic rings. The quantitative estimate of drug-likeness (QED) is 0.315. The largest absolute Gasteiger partial charge is 0.417 e. The van der Waals surface area contributed by atoms with Crippen molar-refractivity contribution in [2.45, 2.75) is 45.3 Å². The number of hydrogen-bond acceptors (Lipinski definition) is 1. The Hall–Kier alpha value is 0.397. The fourth-order valence-corrected chi connectivity index (χ4v) is 2.10. The monoisotopic (exact) mass is 278 g/mol. The first-order chi connectivity index (χ1) is 6.31. The highest BCUT2D eigenvalue weighted by Crippen LogP contribution is 2.36. The van der Waals surface area contributed by atoms with E-state index in [1.54, 1.807) is 0 Å². The summed E-state index contributed by atoms with van der Waals surface area (Å²) in [5.41, 5.74) is 0. The first-order valence-corrected chi connectivity index (χ1v) is 9.19. The maximum atomic E-state index is 6.01. The Morgan fingerprint density at radius 1 is 1.21 bits per heavy atom. The maximum absolute atomic E-state index is 6.01. The molecule has 14 heavy (non-hydrogen) atoms. The molecule has 84 valence electrons. The van der Waals surface area contributed by atoms with Crippen molar-refractivity contribution in [3.63, 3.8) is 0 Å². The number of allylic oxidation sites excluding steroid dienone is 1. The molecule has 0 radical (unpaired) electrons. The normalized spacial score (nSPS) is 13.9. The van der Waals surface area contributed by atoms with E-state index in [1.165, 1.54) is 0 Å². The van der Waals surface area contributed by atoms with Crippen molar-refractivity contribution >= 4 is 24.2 Å². The van der Waals surface area contributed by atoms with Crippen LogP contribution in [0.2, 0.25) is 18.1 Å². The molecule has 0 atom stereocenters. The molecular formula is C11H23BrOSi. The SMILES string of the molecule is CC(C)(C)[Si](C)(C)OCC/C=C/CBr. The Labute approximate surface area is 98.2 Å². The summed E-state index contributed by atoms with van der Waals surface area (Å²) in [6.07, 6.45) is 5.31. The second-order valence-electron chi connectivity index (χ2n) is 5.02. The van der Waals surface area contributed by atoms with Gasteiger partial charge in [0.2, 0.25) is 0 Å². The predicted octanol–water partition coefficient (Wildman–Crippen LogP) is 4.35. The minimum Gasteiger partial charge on any atom is -0.417 e. The van der Waals surface area contributed by atoms with Gasteiger partial charge in [-0.25, -0.2) is 0 Å². The third-order valence-electron chi connectivity index (χ3n) is 2.81. The first-order valence-electron chi connectivity index (χ1n) is 5.16. The second kappa shape index (κ2) is 6.08. The van der Waals surface area contributed by atoms with E-state index in [2.05, 4.69) is 61.9 Å². The number of hydrogen-bond donors (Lipinski definition) is 0. The summed E-state index contributed by atoms with van der Waals surface area (Å²) in [7, 11) is -1.51. The van der Waals surface area contributed by atoms with Gasteiger partial charge in [-0.1, -0.05) is 48.9 Å². The lowest BCUT2D eigenvalue weighted by molar-refractivity contribution is 0.294. The molecule has 0 fully saturated rings. The van der Waals surface area contributed by atoms with E-state index in [0.717, 1.165) is 18.4 Å². The highest BCUT2D eigenvalue weighted by Gasteiger charge is 2.36. The van der Waals surface area contributed by atoms with Crippen molar-refractivity contribution in [3.8, 4) is 0 Å². The van der Waals surface area contributed by atoms with Gasteiger partial charge in [0.15, 0.2) is 8.32 Å². The molecule has 0 saturated carbocycles. The van der Waals surface area contributed by atoms with Gasteiger partial charge in [0.1, 0.15) is 0 Å². The molecule has 0 rings (SSSR count). The van der Waals surface area contributed by atoms with E-state index in [0.29, 0.717) is 5.04 Å². The van der Waals surface area contributed by atoms with E-state index >= 15 is 0 Å². The summed E-state index contributed by atoms with van der Waals surface area (Å²) >= 11 is 3.35. The molecule has 0 saturated heterocycles. The van der Waals surface area contributed by atoms with Crippen LogP contribution in [0.1, 0.15) is 27.2 Å². The lowest BCUT2D eigenvalue weighted by Gasteiger charge is -2.36. The van der Waals surface area contributed by atoms with Crippen molar-refractivity contribution in [2.75, 3.05) is 11.9 Å². The highest BCUT2D eigenvalue weighted by molar-refractivity contribution is 9.09. The van der Waals surface area contributed by atoms with Crippen LogP contribution in [0.25, 0.3) is 0 Å². The third kappa shape index (κ3) is 5.32. The first kappa shape index (κ1) is 14.4. The third-order valence-corrected chi connectivity index (χ3v) is 7.72. The van der Waals surface area contributed by atoms with Crippen LogP contribution < -0.4 is 0 Å². The summed E-state index contributed by atoms with van der Waals surface area (Å²) in [5.74, 6) is 0. The molecule has 0 aliphatic rings. The lowest BCUT2D eigenvalue weighted by atomic mass is 10.2. The minimum absolute atomic E-state index is 0.326. The van der Waals surface area contributed by atoms with Gasteiger partial charge in [0.05, 0.1) is 0 Å². The molecule has 0 unspecified atom stereocenters.